The molecule has 88 valence electrons. The summed E-state index contributed by atoms with van der Waals surface area (Å²) >= 11 is 0. The van der Waals surface area contributed by atoms with E-state index in [0.717, 1.165) is 4.57 Å². The molecule has 2 aromatic rings. The highest BCUT2D eigenvalue weighted by Crippen LogP contribution is 2.24. The molecular weight excluding hydrogens is 224 g/mol. The number of hydrogen-bond donors (Lipinski definition) is 2. The van der Waals surface area contributed by atoms with Gasteiger partial charge in [0, 0.05) is 12.7 Å². The number of pyridine rings is 2. The van der Waals surface area contributed by atoms with Crippen LogP contribution in [0.3, 0.4) is 0 Å². The summed E-state index contributed by atoms with van der Waals surface area (Å²) in [4.78, 5) is 26.8. The minimum atomic E-state index is -1.45. The Kier molecular flexibility index (Phi) is 2.35. The van der Waals surface area contributed by atoms with Gasteiger partial charge < -0.3 is 10.2 Å². The summed E-state index contributed by atoms with van der Waals surface area (Å²) in [6, 6.07) is 3.18. The van der Waals surface area contributed by atoms with Crippen LogP contribution in [0, 0.1) is 6.92 Å². The van der Waals surface area contributed by atoms with Gasteiger partial charge in [-0.1, -0.05) is 0 Å². The zero-order valence-electron chi connectivity index (χ0n) is 9.26. The van der Waals surface area contributed by atoms with Gasteiger partial charge in [-0.15, -0.1) is 0 Å². The minimum Gasteiger partial charge on any atom is -0.506 e. The van der Waals surface area contributed by atoms with E-state index in [2.05, 4.69) is 4.98 Å². The second-order valence-electron chi connectivity index (χ2n) is 3.72. The van der Waals surface area contributed by atoms with E-state index in [1.807, 2.05) is 0 Å². The van der Waals surface area contributed by atoms with Gasteiger partial charge in [0.15, 0.2) is 5.56 Å². The molecule has 2 aromatic heterocycles. The lowest BCUT2D eigenvalue weighted by molar-refractivity contribution is 0.0691. The summed E-state index contributed by atoms with van der Waals surface area (Å²) in [5.41, 5.74) is -0.473. The highest BCUT2D eigenvalue weighted by molar-refractivity contribution is 5.97. The van der Waals surface area contributed by atoms with Crippen LogP contribution in [0.2, 0.25) is 0 Å². The fourth-order valence-electron chi connectivity index (χ4n) is 1.68. The molecule has 6 heteroatoms. The molecule has 0 unspecified atom stereocenters. The molecule has 0 saturated heterocycles. The molecule has 2 heterocycles. The van der Waals surface area contributed by atoms with Gasteiger partial charge >= 0.3 is 5.97 Å². The number of fused-ring (bicyclic) bond motifs is 1. The maximum atomic E-state index is 11.7. The number of nitrogens with zero attached hydrogens (tertiary/aromatic N) is 2. The first-order chi connectivity index (χ1) is 7.93. The summed E-state index contributed by atoms with van der Waals surface area (Å²) in [5.74, 6) is -1.99. The Labute approximate surface area is 95.8 Å². The van der Waals surface area contributed by atoms with Crippen LogP contribution in [0.1, 0.15) is 16.1 Å². The molecule has 0 aliphatic heterocycles. The summed E-state index contributed by atoms with van der Waals surface area (Å²) in [6.07, 6.45) is 0. The molecule has 0 aliphatic carbocycles. The molecule has 0 atom stereocenters. The molecule has 0 radical (unpaired) electrons. The van der Waals surface area contributed by atoms with E-state index in [4.69, 9.17) is 5.11 Å². The SMILES string of the molecule is Cc1ccc2c(O)c(C(=O)O)c(=O)n(C)c2n1. The van der Waals surface area contributed by atoms with Crippen LogP contribution in [-0.4, -0.2) is 25.7 Å². The van der Waals surface area contributed by atoms with Gasteiger partial charge in [-0.3, -0.25) is 9.36 Å². The third-order valence-corrected chi connectivity index (χ3v) is 2.56. The van der Waals surface area contributed by atoms with Crippen LogP contribution >= 0.6 is 0 Å². The fraction of sp³-hybridized carbons (Fsp3) is 0.182. The van der Waals surface area contributed by atoms with Crippen molar-refractivity contribution in [3.8, 4) is 5.75 Å². The van der Waals surface area contributed by atoms with Crippen LogP contribution in [-0.2, 0) is 7.05 Å². The number of aromatic nitrogens is 2. The zero-order valence-corrected chi connectivity index (χ0v) is 9.26. The molecule has 17 heavy (non-hydrogen) atoms. The van der Waals surface area contributed by atoms with Crippen molar-refractivity contribution in [2.24, 2.45) is 7.05 Å². The van der Waals surface area contributed by atoms with Crippen molar-refractivity contribution in [1.82, 2.24) is 9.55 Å². The molecule has 0 spiro atoms. The normalized spacial score (nSPS) is 10.7. The molecule has 2 rings (SSSR count). The maximum Gasteiger partial charge on any atom is 0.345 e. The number of carbonyl (C=O) groups is 1. The molecular formula is C11H10N2O4. The Hall–Kier alpha value is -2.37. The summed E-state index contributed by atoms with van der Waals surface area (Å²) < 4.78 is 1.12. The van der Waals surface area contributed by atoms with Gasteiger partial charge in [-0.2, -0.15) is 0 Å². The van der Waals surface area contributed by atoms with E-state index in [9.17, 15) is 14.7 Å². The monoisotopic (exact) mass is 234 g/mol. The lowest BCUT2D eigenvalue weighted by Gasteiger charge is -2.08. The van der Waals surface area contributed by atoms with Crippen LogP contribution in [0.25, 0.3) is 11.0 Å². The average molecular weight is 234 g/mol. The van der Waals surface area contributed by atoms with E-state index >= 15 is 0 Å². The van der Waals surface area contributed by atoms with Gasteiger partial charge in [0.1, 0.15) is 11.4 Å². The van der Waals surface area contributed by atoms with Crippen molar-refractivity contribution in [3.05, 3.63) is 33.7 Å². The smallest absolute Gasteiger partial charge is 0.345 e. The molecule has 0 saturated carbocycles. The number of carboxylic acids is 1. The van der Waals surface area contributed by atoms with Gasteiger partial charge in [0.25, 0.3) is 5.56 Å². The van der Waals surface area contributed by atoms with Crippen molar-refractivity contribution in [2.75, 3.05) is 0 Å². The predicted octanol–water partition coefficient (Wildman–Crippen LogP) is 0.646. The van der Waals surface area contributed by atoms with Crippen molar-refractivity contribution in [2.45, 2.75) is 6.92 Å². The molecule has 0 aliphatic rings. The van der Waals surface area contributed by atoms with Crippen LogP contribution < -0.4 is 5.56 Å². The minimum absolute atomic E-state index is 0.245. The first kappa shape index (κ1) is 11.1. The van der Waals surface area contributed by atoms with E-state index in [-0.39, 0.29) is 11.0 Å². The summed E-state index contributed by atoms with van der Waals surface area (Å²) in [7, 11) is 1.42. The third-order valence-electron chi connectivity index (χ3n) is 2.56. The van der Waals surface area contributed by atoms with Crippen molar-refractivity contribution in [3.63, 3.8) is 0 Å². The van der Waals surface area contributed by atoms with Crippen LogP contribution in [0.5, 0.6) is 5.75 Å². The van der Waals surface area contributed by atoms with Crippen molar-refractivity contribution in [1.29, 1.82) is 0 Å². The largest absolute Gasteiger partial charge is 0.506 e. The van der Waals surface area contributed by atoms with E-state index in [1.54, 1.807) is 19.1 Å². The molecule has 6 nitrogen and oxygen atoms in total. The van der Waals surface area contributed by atoms with Gasteiger partial charge in [-0.05, 0) is 19.1 Å². The quantitative estimate of drug-likeness (QED) is 0.755. The van der Waals surface area contributed by atoms with E-state index in [1.165, 1.54) is 7.05 Å². The topological polar surface area (TPSA) is 92.4 Å². The molecule has 0 fully saturated rings. The fourth-order valence-corrected chi connectivity index (χ4v) is 1.68. The number of rotatable bonds is 1. The molecule has 2 N–H and O–H groups in total. The number of aryl methyl sites for hydroxylation is 2. The summed E-state index contributed by atoms with van der Waals surface area (Å²) in [6.45, 7) is 1.74. The standard InChI is InChI=1S/C11H10N2O4/c1-5-3-4-6-8(14)7(11(16)17)10(15)13(2)9(6)12-5/h3-4,14H,1-2H3,(H,16,17). The summed E-state index contributed by atoms with van der Waals surface area (Å²) in [5, 5.41) is 18.9. The Morgan fingerprint density at radius 1 is 1.41 bits per heavy atom. The lowest BCUT2D eigenvalue weighted by atomic mass is 10.1. The second-order valence-corrected chi connectivity index (χ2v) is 3.72. The Morgan fingerprint density at radius 2 is 2.06 bits per heavy atom. The molecule has 0 aromatic carbocycles. The van der Waals surface area contributed by atoms with Crippen molar-refractivity contribution >= 4 is 17.0 Å². The maximum absolute atomic E-state index is 11.7. The van der Waals surface area contributed by atoms with Gasteiger partial charge in [0.2, 0.25) is 0 Å². The van der Waals surface area contributed by atoms with Crippen LogP contribution in [0.15, 0.2) is 16.9 Å². The molecule has 0 amide bonds. The average Bonchev–Trinajstić information content (AvgIpc) is 2.25. The van der Waals surface area contributed by atoms with Crippen molar-refractivity contribution < 1.29 is 15.0 Å². The number of aromatic hydroxyl groups is 1. The number of hydrogen-bond acceptors (Lipinski definition) is 4. The number of aromatic carboxylic acids is 1. The highest BCUT2D eigenvalue weighted by atomic mass is 16.4. The van der Waals surface area contributed by atoms with Gasteiger partial charge in [-0.25, -0.2) is 9.78 Å². The molecule has 0 bridgehead atoms. The van der Waals surface area contributed by atoms with E-state index in [0.29, 0.717) is 5.69 Å². The number of carboxylic acid groups (broad SMARTS) is 1. The second kappa shape index (κ2) is 3.58. The Balaban J connectivity index is 3.05. The first-order valence-electron chi connectivity index (χ1n) is 4.86. The zero-order chi connectivity index (χ0) is 12.7. The third kappa shape index (κ3) is 1.54. The predicted molar refractivity (Wildman–Crippen MR) is 60.3 cm³/mol. The van der Waals surface area contributed by atoms with E-state index < -0.39 is 22.8 Å². The van der Waals surface area contributed by atoms with Gasteiger partial charge in [0.05, 0.1) is 5.39 Å². The highest BCUT2D eigenvalue weighted by Gasteiger charge is 2.20. The first-order valence-corrected chi connectivity index (χ1v) is 4.86. The van der Waals surface area contributed by atoms with Crippen LogP contribution in [0.4, 0.5) is 0 Å². The lowest BCUT2D eigenvalue weighted by Crippen LogP contribution is -2.25. The Morgan fingerprint density at radius 3 is 2.65 bits per heavy atom. The Bertz CT molecular complexity index is 688.